The minimum atomic E-state index is -1.14. The summed E-state index contributed by atoms with van der Waals surface area (Å²) in [6, 6.07) is 0. The van der Waals surface area contributed by atoms with E-state index in [1.54, 1.807) is 13.3 Å². The van der Waals surface area contributed by atoms with Crippen molar-refractivity contribution in [2.75, 3.05) is 0 Å². The predicted octanol–water partition coefficient (Wildman–Crippen LogP) is 6.79. The summed E-state index contributed by atoms with van der Waals surface area (Å²) < 4.78 is 5.05. The van der Waals surface area contributed by atoms with E-state index in [9.17, 15) is 0 Å². The van der Waals surface area contributed by atoms with Crippen molar-refractivity contribution in [2.45, 2.75) is 93.4 Å². The van der Waals surface area contributed by atoms with Crippen LogP contribution >= 0.6 is 0 Å². The van der Waals surface area contributed by atoms with Crippen molar-refractivity contribution in [1.29, 1.82) is 0 Å². The molecule has 0 aliphatic carbocycles. The first-order valence-electron chi connectivity index (χ1n) is 8.98. The molecule has 0 aliphatic rings. The Balaban J connectivity index is 4.51. The van der Waals surface area contributed by atoms with Crippen LogP contribution < -0.4 is 0 Å². The molecule has 0 aromatic carbocycles. The molecular weight excluding hydrogens is 335 g/mol. The van der Waals surface area contributed by atoms with Crippen molar-refractivity contribution < 1.29 is 0 Å². The fourth-order valence-electron chi connectivity index (χ4n) is 3.21. The Morgan fingerprint density at radius 3 is 0.842 bits per heavy atom. The van der Waals surface area contributed by atoms with Crippen molar-refractivity contribution in [3.8, 4) is 0 Å². The van der Waals surface area contributed by atoms with Crippen LogP contribution in [0.15, 0.2) is 0 Å². The first-order valence-corrected chi connectivity index (χ1v) is 15.0. The van der Waals surface area contributed by atoms with Crippen molar-refractivity contribution in [3.05, 3.63) is 0 Å². The Labute approximate surface area is 130 Å². The average molecular weight is 374 g/mol. The summed E-state index contributed by atoms with van der Waals surface area (Å²) >= 11 is -1.14. The first kappa shape index (κ1) is 19.8. The van der Waals surface area contributed by atoms with E-state index >= 15 is 0 Å². The zero-order chi connectivity index (χ0) is 14.7. The van der Waals surface area contributed by atoms with Crippen LogP contribution in [0.25, 0.3) is 0 Å². The number of rotatable bonds is 12. The van der Waals surface area contributed by atoms with Crippen LogP contribution in [0.4, 0.5) is 0 Å². The summed E-state index contributed by atoms with van der Waals surface area (Å²) in [6.07, 6.45) is 8.54. The molecule has 0 fully saturated rings. The molecule has 0 N–H and O–H groups in total. The monoisotopic (exact) mass is 375 g/mol. The molecule has 0 atom stereocenters. The van der Waals surface area contributed by atoms with Gasteiger partial charge in [-0.05, 0) is 0 Å². The van der Waals surface area contributed by atoms with Gasteiger partial charge in [0.25, 0.3) is 0 Å². The molecule has 0 rings (SSSR count). The van der Waals surface area contributed by atoms with Gasteiger partial charge in [-0.3, -0.25) is 0 Å². The van der Waals surface area contributed by atoms with E-state index in [-0.39, 0.29) is 0 Å². The van der Waals surface area contributed by atoms with Crippen LogP contribution in [0.3, 0.4) is 0 Å². The molecule has 1 heteroatoms. The van der Waals surface area contributed by atoms with Gasteiger partial charge in [-0.2, -0.15) is 0 Å². The van der Waals surface area contributed by atoms with Crippen LogP contribution in [0.1, 0.15) is 80.1 Å². The normalized spacial score (nSPS) is 11.8. The Bertz CT molecular complexity index is 145. The van der Waals surface area contributed by atoms with E-state index in [0.29, 0.717) is 0 Å². The summed E-state index contributed by atoms with van der Waals surface area (Å²) in [7, 11) is 0. The third-order valence-corrected chi connectivity index (χ3v) is 15.1. The van der Waals surface area contributed by atoms with Crippen molar-refractivity contribution in [3.63, 3.8) is 0 Å². The maximum absolute atomic E-state index is 2.41. The van der Waals surface area contributed by atoms with E-state index in [1.807, 2.05) is 0 Å². The zero-order valence-corrected chi connectivity index (χ0v) is 17.5. The summed E-state index contributed by atoms with van der Waals surface area (Å²) in [6.45, 7) is 14.4. The molecule has 19 heavy (non-hydrogen) atoms. The predicted molar refractivity (Wildman–Crippen MR) is 92.4 cm³/mol. The molecule has 0 radical (unpaired) electrons. The van der Waals surface area contributed by atoms with Gasteiger partial charge < -0.3 is 0 Å². The molecule has 0 bridgehead atoms. The number of hydrogen-bond acceptors (Lipinski definition) is 0. The molecule has 0 aromatic heterocycles. The Morgan fingerprint density at radius 1 is 0.474 bits per heavy atom. The third-order valence-electron chi connectivity index (χ3n) is 5.20. The molecule has 0 saturated carbocycles. The van der Waals surface area contributed by atoms with Crippen molar-refractivity contribution in [1.82, 2.24) is 0 Å². The van der Waals surface area contributed by atoms with E-state index in [4.69, 9.17) is 0 Å². The van der Waals surface area contributed by atoms with Crippen molar-refractivity contribution >= 4 is 19.8 Å². The van der Waals surface area contributed by atoms with Crippen LogP contribution in [-0.4, -0.2) is 19.8 Å². The fraction of sp³-hybridized carbons (Fsp3) is 1.00. The van der Waals surface area contributed by atoms with Gasteiger partial charge in [0.2, 0.25) is 0 Å². The molecular formula is C18H39Sn+. The summed E-state index contributed by atoms with van der Waals surface area (Å²) in [5.41, 5.74) is 0. The van der Waals surface area contributed by atoms with Gasteiger partial charge in [-0.1, -0.05) is 0 Å². The standard InChI is InChI=1S/3C6H13.Sn/c3*1-4-6(3)5-2;/h3*6H,3-5H2,1-2H3;/q;;;+1. The number of hydrogen-bond donors (Lipinski definition) is 0. The van der Waals surface area contributed by atoms with Gasteiger partial charge in [0.1, 0.15) is 0 Å². The van der Waals surface area contributed by atoms with Crippen LogP contribution in [0.5, 0.6) is 0 Å². The van der Waals surface area contributed by atoms with E-state index in [2.05, 4.69) is 41.5 Å². The molecule has 0 nitrogen and oxygen atoms in total. The average Bonchev–Trinajstić information content (AvgIpc) is 2.46. The molecule has 0 aliphatic heterocycles. The van der Waals surface area contributed by atoms with Gasteiger partial charge in [-0.25, -0.2) is 0 Å². The van der Waals surface area contributed by atoms with Crippen LogP contribution in [0, 0.1) is 17.8 Å². The van der Waals surface area contributed by atoms with E-state index < -0.39 is 19.8 Å². The quantitative estimate of drug-likeness (QED) is 0.330. The fourth-order valence-corrected chi connectivity index (χ4v) is 16.6. The van der Waals surface area contributed by atoms with Crippen LogP contribution in [-0.2, 0) is 0 Å². The Morgan fingerprint density at radius 2 is 0.684 bits per heavy atom. The van der Waals surface area contributed by atoms with Gasteiger partial charge in [0.15, 0.2) is 0 Å². The summed E-state index contributed by atoms with van der Waals surface area (Å²) in [4.78, 5) is 0. The van der Waals surface area contributed by atoms with E-state index in [1.165, 1.54) is 38.5 Å². The first-order chi connectivity index (χ1) is 9.14. The second-order valence-electron chi connectivity index (χ2n) is 6.41. The zero-order valence-electron chi connectivity index (χ0n) is 14.6. The molecule has 0 saturated heterocycles. The molecule has 0 amide bonds. The van der Waals surface area contributed by atoms with Gasteiger partial charge >= 0.3 is 131 Å². The van der Waals surface area contributed by atoms with Crippen molar-refractivity contribution in [2.24, 2.45) is 17.8 Å². The maximum atomic E-state index is 2.41. The Kier molecular flexibility index (Phi) is 13.1. The summed E-state index contributed by atoms with van der Waals surface area (Å²) in [5, 5.41) is 0. The third kappa shape index (κ3) is 8.63. The molecule has 0 unspecified atom stereocenters. The van der Waals surface area contributed by atoms with Gasteiger partial charge in [0, 0.05) is 0 Å². The minimum absolute atomic E-state index is 1.05. The topological polar surface area (TPSA) is 0 Å². The SMILES string of the molecule is CCC(CC)[CH2][Sn+]([CH2]C(CC)CC)[CH2]C(CC)CC. The second kappa shape index (κ2) is 12.5. The second-order valence-corrected chi connectivity index (χ2v) is 14.2. The van der Waals surface area contributed by atoms with E-state index in [0.717, 1.165) is 17.8 Å². The van der Waals surface area contributed by atoms with Gasteiger partial charge in [0.05, 0.1) is 0 Å². The Hall–Kier alpha value is 0.799. The van der Waals surface area contributed by atoms with Gasteiger partial charge in [-0.15, -0.1) is 0 Å². The van der Waals surface area contributed by atoms with Crippen LogP contribution in [0.2, 0.25) is 13.3 Å². The molecule has 114 valence electrons. The summed E-state index contributed by atoms with van der Waals surface area (Å²) in [5.74, 6) is 3.16. The molecule has 0 aromatic rings. The molecule has 0 heterocycles. The molecule has 0 spiro atoms.